The molecule has 3 unspecified atom stereocenters. The average Bonchev–Trinajstić information content (AvgIpc) is 2.69. The summed E-state index contributed by atoms with van der Waals surface area (Å²) in [6.07, 6.45) is 4.46. The summed E-state index contributed by atoms with van der Waals surface area (Å²) in [7, 11) is -1.91. The molecule has 0 saturated heterocycles. The molecule has 0 bridgehead atoms. The zero-order chi connectivity index (χ0) is 18.6. The molecule has 3 atom stereocenters. The first-order valence-electron chi connectivity index (χ1n) is 9.81. The highest BCUT2D eigenvalue weighted by Crippen LogP contribution is 2.36. The van der Waals surface area contributed by atoms with E-state index in [1.54, 1.807) is 0 Å². The van der Waals surface area contributed by atoms with Crippen LogP contribution in [0.4, 0.5) is 0 Å². The van der Waals surface area contributed by atoms with E-state index in [4.69, 9.17) is 4.74 Å². The van der Waals surface area contributed by atoms with Crippen molar-refractivity contribution in [1.82, 2.24) is 0 Å². The van der Waals surface area contributed by atoms with Gasteiger partial charge >= 0.3 is 5.97 Å². The van der Waals surface area contributed by atoms with E-state index in [1.807, 2.05) is 12.1 Å². The highest BCUT2D eigenvalue weighted by molar-refractivity contribution is 6.93. The van der Waals surface area contributed by atoms with Crippen LogP contribution in [0.1, 0.15) is 44.1 Å². The summed E-state index contributed by atoms with van der Waals surface area (Å²) in [4.78, 5) is 13.0. The molecule has 1 aliphatic rings. The van der Waals surface area contributed by atoms with Crippen LogP contribution >= 0.6 is 0 Å². The number of benzene rings is 2. The summed E-state index contributed by atoms with van der Waals surface area (Å²) in [5, 5.41) is 1.31. The van der Waals surface area contributed by atoms with Crippen LogP contribution in [0.15, 0.2) is 60.7 Å². The Bertz CT molecular complexity index is 712. The first-order chi connectivity index (χ1) is 12.5. The Balaban J connectivity index is 1.73. The third-order valence-corrected chi connectivity index (χ3v) is 10.4. The molecule has 0 radical (unpaired) electrons. The van der Waals surface area contributed by atoms with Gasteiger partial charge in [-0.1, -0.05) is 92.3 Å². The normalized spacial score (nSPS) is 21.8. The first-order valence-corrected chi connectivity index (χ1v) is 12.9. The van der Waals surface area contributed by atoms with Crippen molar-refractivity contribution in [3.05, 3.63) is 66.2 Å². The molecule has 0 N–H and O–H groups in total. The van der Waals surface area contributed by atoms with Gasteiger partial charge in [0.15, 0.2) is 0 Å². The largest absolute Gasteiger partial charge is 0.462 e. The third-order valence-electron chi connectivity index (χ3n) is 6.15. The maximum Gasteiger partial charge on any atom is 0.306 e. The Kier molecular flexibility index (Phi) is 5.97. The SMILES string of the molecule is CC(C(=O)OC1CCCCC1c1ccccc1)[Si](C)(C)c1ccccc1. The highest BCUT2D eigenvalue weighted by atomic mass is 28.3. The van der Waals surface area contributed by atoms with Gasteiger partial charge < -0.3 is 4.74 Å². The van der Waals surface area contributed by atoms with Crippen LogP contribution < -0.4 is 5.19 Å². The lowest BCUT2D eigenvalue weighted by Crippen LogP contribution is -2.48. The standard InChI is InChI=1S/C23H30O2Si/c1-18(26(2,3)20-14-8-5-9-15-20)23(24)25-22-17-11-10-16-21(22)19-12-6-4-7-13-19/h4-9,12-15,18,21-22H,10-11,16-17H2,1-3H3. The van der Waals surface area contributed by atoms with Gasteiger partial charge in [-0.3, -0.25) is 4.79 Å². The van der Waals surface area contributed by atoms with Crippen LogP contribution in [0.3, 0.4) is 0 Å². The molecule has 2 aromatic rings. The molecule has 0 spiro atoms. The quantitative estimate of drug-likeness (QED) is 0.533. The minimum absolute atomic E-state index is 0.0154. The molecule has 138 valence electrons. The van der Waals surface area contributed by atoms with E-state index in [9.17, 15) is 4.79 Å². The number of hydrogen-bond donors (Lipinski definition) is 0. The molecule has 0 amide bonds. The average molecular weight is 367 g/mol. The molecule has 2 aromatic carbocycles. The maximum atomic E-state index is 13.0. The van der Waals surface area contributed by atoms with Crippen molar-refractivity contribution in [2.24, 2.45) is 0 Å². The Labute approximate surface area is 158 Å². The summed E-state index contributed by atoms with van der Waals surface area (Å²) >= 11 is 0. The molecular weight excluding hydrogens is 336 g/mol. The smallest absolute Gasteiger partial charge is 0.306 e. The van der Waals surface area contributed by atoms with Gasteiger partial charge in [0.1, 0.15) is 6.10 Å². The summed E-state index contributed by atoms with van der Waals surface area (Å²) in [5.41, 5.74) is 1.25. The van der Waals surface area contributed by atoms with Crippen LogP contribution in [-0.4, -0.2) is 20.1 Å². The van der Waals surface area contributed by atoms with Gasteiger partial charge in [-0.25, -0.2) is 0 Å². The lowest BCUT2D eigenvalue weighted by Gasteiger charge is -2.35. The molecule has 2 nitrogen and oxygen atoms in total. The fraction of sp³-hybridized carbons (Fsp3) is 0.435. The van der Waals surface area contributed by atoms with Crippen LogP contribution in [0.2, 0.25) is 18.6 Å². The van der Waals surface area contributed by atoms with E-state index in [-0.39, 0.29) is 17.6 Å². The Morgan fingerprint density at radius 3 is 2.19 bits per heavy atom. The summed E-state index contributed by atoms with van der Waals surface area (Å²) in [5.74, 6) is 0.320. The molecule has 1 aliphatic carbocycles. The van der Waals surface area contributed by atoms with Crippen molar-refractivity contribution in [1.29, 1.82) is 0 Å². The van der Waals surface area contributed by atoms with Crippen molar-refractivity contribution < 1.29 is 9.53 Å². The second-order valence-electron chi connectivity index (χ2n) is 8.09. The number of rotatable bonds is 5. The van der Waals surface area contributed by atoms with Crippen molar-refractivity contribution in [2.75, 3.05) is 0 Å². The molecule has 0 aliphatic heterocycles. The minimum atomic E-state index is -1.91. The molecule has 0 heterocycles. The van der Waals surface area contributed by atoms with Crippen LogP contribution in [0, 0.1) is 0 Å². The number of carbonyl (C=O) groups is 1. The van der Waals surface area contributed by atoms with Crippen LogP contribution in [0.25, 0.3) is 0 Å². The predicted octanol–water partition coefficient (Wildman–Crippen LogP) is 5.26. The number of ether oxygens (including phenoxy) is 1. The topological polar surface area (TPSA) is 26.3 Å². The first kappa shape index (κ1) is 18.9. The van der Waals surface area contributed by atoms with Gasteiger partial charge in [0.2, 0.25) is 0 Å². The molecule has 0 aromatic heterocycles. The Morgan fingerprint density at radius 1 is 0.962 bits per heavy atom. The molecule has 3 heteroatoms. The van der Waals surface area contributed by atoms with E-state index in [0.717, 1.165) is 19.3 Å². The zero-order valence-corrected chi connectivity index (χ0v) is 17.2. The van der Waals surface area contributed by atoms with E-state index in [0.29, 0.717) is 5.92 Å². The predicted molar refractivity (Wildman–Crippen MR) is 111 cm³/mol. The second-order valence-corrected chi connectivity index (χ2v) is 13.0. The molecule has 3 rings (SSSR count). The monoisotopic (exact) mass is 366 g/mol. The summed E-state index contributed by atoms with van der Waals surface area (Å²) in [6.45, 7) is 6.59. The highest BCUT2D eigenvalue weighted by Gasteiger charge is 2.38. The number of carbonyl (C=O) groups excluding carboxylic acids is 1. The molecule has 26 heavy (non-hydrogen) atoms. The fourth-order valence-electron chi connectivity index (χ4n) is 3.98. The van der Waals surface area contributed by atoms with Crippen molar-refractivity contribution in [2.45, 2.75) is 63.3 Å². The third kappa shape index (κ3) is 4.09. The zero-order valence-electron chi connectivity index (χ0n) is 16.2. The van der Waals surface area contributed by atoms with Gasteiger partial charge in [0, 0.05) is 5.92 Å². The lowest BCUT2D eigenvalue weighted by molar-refractivity contribution is -0.151. The maximum absolute atomic E-state index is 13.0. The minimum Gasteiger partial charge on any atom is -0.462 e. The van der Waals surface area contributed by atoms with E-state index >= 15 is 0 Å². The van der Waals surface area contributed by atoms with Gasteiger partial charge in [0.25, 0.3) is 0 Å². The van der Waals surface area contributed by atoms with Crippen LogP contribution in [-0.2, 0) is 9.53 Å². The Morgan fingerprint density at radius 2 is 1.54 bits per heavy atom. The summed E-state index contributed by atoms with van der Waals surface area (Å²) in [6, 6.07) is 21.0. The van der Waals surface area contributed by atoms with Gasteiger partial charge in [-0.15, -0.1) is 0 Å². The van der Waals surface area contributed by atoms with Gasteiger partial charge in [-0.2, -0.15) is 0 Å². The van der Waals surface area contributed by atoms with Gasteiger partial charge in [-0.05, 0) is 24.8 Å². The van der Waals surface area contributed by atoms with Gasteiger partial charge in [0.05, 0.1) is 13.6 Å². The second kappa shape index (κ2) is 8.21. The Hall–Kier alpha value is -1.87. The van der Waals surface area contributed by atoms with Crippen LogP contribution in [0.5, 0.6) is 0 Å². The van der Waals surface area contributed by atoms with Crippen molar-refractivity contribution >= 4 is 19.2 Å². The molecular formula is C23H30O2Si. The van der Waals surface area contributed by atoms with E-state index in [1.165, 1.54) is 17.2 Å². The molecule has 1 fully saturated rings. The van der Waals surface area contributed by atoms with Crippen molar-refractivity contribution in [3.63, 3.8) is 0 Å². The number of esters is 1. The van der Waals surface area contributed by atoms with Crippen molar-refractivity contribution in [3.8, 4) is 0 Å². The number of hydrogen-bond acceptors (Lipinski definition) is 2. The fourth-order valence-corrected chi connectivity index (χ4v) is 6.19. The lowest BCUT2D eigenvalue weighted by atomic mass is 9.81. The summed E-state index contributed by atoms with van der Waals surface area (Å²) < 4.78 is 6.12. The van der Waals surface area contributed by atoms with E-state index < -0.39 is 8.07 Å². The molecule has 1 saturated carbocycles. The van der Waals surface area contributed by atoms with E-state index in [2.05, 4.69) is 68.5 Å².